The first-order chi connectivity index (χ1) is 12.7. The Hall–Kier alpha value is -2.75. The van der Waals surface area contributed by atoms with Gasteiger partial charge in [-0.15, -0.1) is 0 Å². The standard InChI is InChI=1S/C22H26N2O2/c1-16-12-13-19(23)20(15-16)24-14-6-8-17-7-5-11-21(25-2)22(17)26-18-9-3-4-10-18/h5-8,11-15,18H,3-4,9-10,23H2,1-2H3/b8-6+,24-14?. The average molecular weight is 350 g/mol. The number of hydrogen-bond acceptors (Lipinski definition) is 4. The van der Waals surface area contributed by atoms with E-state index in [1.54, 1.807) is 13.3 Å². The van der Waals surface area contributed by atoms with Crippen LogP contribution in [0.4, 0.5) is 11.4 Å². The van der Waals surface area contributed by atoms with Gasteiger partial charge >= 0.3 is 0 Å². The molecule has 0 bridgehead atoms. The zero-order valence-electron chi connectivity index (χ0n) is 15.4. The molecule has 26 heavy (non-hydrogen) atoms. The summed E-state index contributed by atoms with van der Waals surface area (Å²) in [6, 6.07) is 11.8. The quantitative estimate of drug-likeness (QED) is 0.566. The van der Waals surface area contributed by atoms with Crippen LogP contribution < -0.4 is 15.2 Å². The van der Waals surface area contributed by atoms with Crippen LogP contribution in [0.3, 0.4) is 0 Å². The number of para-hydroxylation sites is 1. The Balaban J connectivity index is 1.78. The molecule has 0 unspecified atom stereocenters. The van der Waals surface area contributed by atoms with Gasteiger partial charge < -0.3 is 15.2 Å². The van der Waals surface area contributed by atoms with Gasteiger partial charge in [0.25, 0.3) is 0 Å². The molecule has 0 aromatic heterocycles. The Labute approximate surface area is 155 Å². The number of allylic oxidation sites excluding steroid dienone is 1. The van der Waals surface area contributed by atoms with Crippen molar-refractivity contribution in [3.63, 3.8) is 0 Å². The number of hydrogen-bond donors (Lipinski definition) is 1. The topological polar surface area (TPSA) is 56.8 Å². The first kappa shape index (κ1) is 18.1. The number of benzene rings is 2. The SMILES string of the molecule is COc1cccc(/C=C/C=Nc2cc(C)ccc2N)c1OC1CCCC1. The van der Waals surface area contributed by atoms with E-state index in [1.165, 1.54) is 12.8 Å². The molecule has 0 amide bonds. The maximum absolute atomic E-state index is 6.24. The van der Waals surface area contributed by atoms with Crippen LogP contribution >= 0.6 is 0 Å². The summed E-state index contributed by atoms with van der Waals surface area (Å²) in [6.07, 6.45) is 10.6. The van der Waals surface area contributed by atoms with E-state index in [-0.39, 0.29) is 6.10 Å². The highest BCUT2D eigenvalue weighted by Crippen LogP contribution is 2.35. The molecule has 1 saturated carbocycles. The lowest BCUT2D eigenvalue weighted by Gasteiger charge is -2.17. The Kier molecular flexibility index (Phi) is 5.95. The number of methoxy groups -OCH3 is 1. The van der Waals surface area contributed by atoms with E-state index < -0.39 is 0 Å². The van der Waals surface area contributed by atoms with E-state index in [4.69, 9.17) is 15.2 Å². The number of nitrogen functional groups attached to an aromatic ring is 1. The zero-order chi connectivity index (χ0) is 18.4. The number of nitrogens with zero attached hydrogens (tertiary/aromatic N) is 1. The van der Waals surface area contributed by atoms with Crippen molar-refractivity contribution in [3.05, 3.63) is 53.6 Å². The molecule has 2 aromatic carbocycles. The number of anilines is 1. The van der Waals surface area contributed by atoms with Gasteiger partial charge in [-0.05, 0) is 68.5 Å². The minimum Gasteiger partial charge on any atom is -0.493 e. The molecule has 136 valence electrons. The van der Waals surface area contributed by atoms with E-state index in [0.717, 1.165) is 41.2 Å². The molecule has 0 radical (unpaired) electrons. The van der Waals surface area contributed by atoms with Gasteiger partial charge in [-0.2, -0.15) is 0 Å². The summed E-state index contributed by atoms with van der Waals surface area (Å²) in [5, 5.41) is 0. The molecule has 1 aliphatic carbocycles. The lowest BCUT2D eigenvalue weighted by molar-refractivity contribution is 0.200. The molecule has 1 fully saturated rings. The van der Waals surface area contributed by atoms with Crippen molar-refractivity contribution >= 4 is 23.7 Å². The summed E-state index contributed by atoms with van der Waals surface area (Å²) in [6.45, 7) is 2.02. The molecule has 0 heterocycles. The van der Waals surface area contributed by atoms with Crippen LogP contribution in [0.25, 0.3) is 6.08 Å². The third kappa shape index (κ3) is 4.45. The second-order valence-corrected chi connectivity index (χ2v) is 6.60. The van der Waals surface area contributed by atoms with Crippen molar-refractivity contribution in [2.45, 2.75) is 38.7 Å². The molecule has 0 aliphatic heterocycles. The summed E-state index contributed by atoms with van der Waals surface area (Å²) in [5.41, 5.74) is 9.54. The molecule has 0 saturated heterocycles. The Morgan fingerprint density at radius 2 is 1.96 bits per heavy atom. The fourth-order valence-electron chi connectivity index (χ4n) is 3.16. The van der Waals surface area contributed by atoms with Gasteiger partial charge in [0.1, 0.15) is 0 Å². The van der Waals surface area contributed by atoms with Gasteiger partial charge in [0.15, 0.2) is 11.5 Å². The predicted octanol–water partition coefficient (Wildman–Crippen LogP) is 5.32. The predicted molar refractivity (Wildman–Crippen MR) is 109 cm³/mol. The zero-order valence-corrected chi connectivity index (χ0v) is 15.4. The first-order valence-corrected chi connectivity index (χ1v) is 9.08. The molecule has 0 atom stereocenters. The van der Waals surface area contributed by atoms with Gasteiger partial charge in [-0.3, -0.25) is 4.99 Å². The number of nitrogens with two attached hydrogens (primary N) is 1. The van der Waals surface area contributed by atoms with Crippen molar-refractivity contribution in [3.8, 4) is 11.5 Å². The second kappa shape index (κ2) is 8.56. The van der Waals surface area contributed by atoms with Crippen LogP contribution in [-0.4, -0.2) is 19.4 Å². The minimum atomic E-state index is 0.277. The Morgan fingerprint density at radius 1 is 1.15 bits per heavy atom. The lowest BCUT2D eigenvalue weighted by atomic mass is 10.1. The van der Waals surface area contributed by atoms with Crippen molar-refractivity contribution in [1.82, 2.24) is 0 Å². The van der Waals surface area contributed by atoms with Gasteiger partial charge in [0.05, 0.1) is 24.6 Å². The van der Waals surface area contributed by atoms with E-state index >= 15 is 0 Å². The van der Waals surface area contributed by atoms with Crippen molar-refractivity contribution < 1.29 is 9.47 Å². The van der Waals surface area contributed by atoms with Crippen LogP contribution in [0.1, 0.15) is 36.8 Å². The highest BCUT2D eigenvalue weighted by molar-refractivity contribution is 5.83. The molecule has 2 aromatic rings. The number of aliphatic imine (C=N–C) groups is 1. The van der Waals surface area contributed by atoms with Gasteiger partial charge in [-0.1, -0.05) is 18.2 Å². The van der Waals surface area contributed by atoms with Gasteiger partial charge in [-0.25, -0.2) is 0 Å². The first-order valence-electron chi connectivity index (χ1n) is 9.08. The van der Waals surface area contributed by atoms with Crippen LogP contribution in [0.2, 0.25) is 0 Å². The molecule has 4 nitrogen and oxygen atoms in total. The Bertz CT molecular complexity index is 806. The fraction of sp³-hybridized carbons (Fsp3) is 0.318. The van der Waals surface area contributed by atoms with Crippen LogP contribution in [0.5, 0.6) is 11.5 Å². The van der Waals surface area contributed by atoms with Gasteiger partial charge in [0.2, 0.25) is 0 Å². The van der Waals surface area contributed by atoms with E-state index in [0.29, 0.717) is 5.69 Å². The monoisotopic (exact) mass is 350 g/mol. The molecule has 4 heteroatoms. The van der Waals surface area contributed by atoms with Crippen LogP contribution in [0.15, 0.2) is 47.5 Å². The average Bonchev–Trinajstić information content (AvgIpc) is 3.15. The summed E-state index contributed by atoms with van der Waals surface area (Å²) in [5.74, 6) is 1.57. The summed E-state index contributed by atoms with van der Waals surface area (Å²) < 4.78 is 11.7. The van der Waals surface area contributed by atoms with Crippen LogP contribution in [0, 0.1) is 6.92 Å². The largest absolute Gasteiger partial charge is 0.493 e. The van der Waals surface area contributed by atoms with Crippen molar-refractivity contribution in [1.29, 1.82) is 0 Å². The third-order valence-corrected chi connectivity index (χ3v) is 4.58. The molecular weight excluding hydrogens is 324 g/mol. The summed E-state index contributed by atoms with van der Waals surface area (Å²) in [7, 11) is 1.67. The number of rotatable bonds is 6. The van der Waals surface area contributed by atoms with E-state index in [1.807, 2.05) is 55.5 Å². The Morgan fingerprint density at radius 3 is 2.73 bits per heavy atom. The highest BCUT2D eigenvalue weighted by atomic mass is 16.5. The van der Waals surface area contributed by atoms with Gasteiger partial charge in [0, 0.05) is 11.8 Å². The maximum atomic E-state index is 6.24. The smallest absolute Gasteiger partial charge is 0.168 e. The second-order valence-electron chi connectivity index (χ2n) is 6.60. The maximum Gasteiger partial charge on any atom is 0.168 e. The molecular formula is C22H26N2O2. The van der Waals surface area contributed by atoms with Crippen molar-refractivity contribution in [2.75, 3.05) is 12.8 Å². The lowest BCUT2D eigenvalue weighted by Crippen LogP contribution is -2.12. The van der Waals surface area contributed by atoms with Crippen LogP contribution in [-0.2, 0) is 0 Å². The summed E-state index contributed by atoms with van der Waals surface area (Å²) in [4.78, 5) is 4.45. The fourth-order valence-corrected chi connectivity index (χ4v) is 3.16. The van der Waals surface area contributed by atoms with E-state index in [2.05, 4.69) is 4.99 Å². The molecule has 1 aliphatic rings. The number of ether oxygens (including phenoxy) is 2. The normalized spacial score (nSPS) is 15.2. The number of aryl methyl sites for hydroxylation is 1. The summed E-state index contributed by atoms with van der Waals surface area (Å²) >= 11 is 0. The third-order valence-electron chi connectivity index (χ3n) is 4.58. The highest BCUT2D eigenvalue weighted by Gasteiger charge is 2.19. The molecule has 3 rings (SSSR count). The molecule has 2 N–H and O–H groups in total. The van der Waals surface area contributed by atoms with Crippen molar-refractivity contribution in [2.24, 2.45) is 4.99 Å². The molecule has 0 spiro atoms. The van der Waals surface area contributed by atoms with E-state index in [9.17, 15) is 0 Å². The minimum absolute atomic E-state index is 0.277.